The smallest absolute Gasteiger partial charge is 0.112 e. The number of nitrogens with zero attached hydrogens (tertiary/aromatic N) is 1. The summed E-state index contributed by atoms with van der Waals surface area (Å²) in [6, 6.07) is 0. The molecule has 1 aliphatic rings. The highest BCUT2D eigenvalue weighted by atomic mass is 16.5. The lowest BCUT2D eigenvalue weighted by molar-refractivity contribution is 0.149. The molecule has 0 aromatic heterocycles. The van der Waals surface area contributed by atoms with Crippen LogP contribution >= 0.6 is 0 Å². The fourth-order valence-corrected chi connectivity index (χ4v) is 1.87. The van der Waals surface area contributed by atoms with Crippen molar-refractivity contribution in [2.75, 3.05) is 26.2 Å². The van der Waals surface area contributed by atoms with Crippen molar-refractivity contribution in [1.29, 1.82) is 0 Å². The van der Waals surface area contributed by atoms with Gasteiger partial charge in [-0.1, -0.05) is 51.7 Å². The van der Waals surface area contributed by atoms with Crippen molar-refractivity contribution in [2.24, 2.45) is 0 Å². The monoisotopic (exact) mass is 277 g/mol. The molecule has 0 saturated carbocycles. The molecule has 114 valence electrons. The van der Waals surface area contributed by atoms with Crippen LogP contribution in [-0.2, 0) is 4.74 Å². The minimum atomic E-state index is 0.689. The molecule has 1 saturated heterocycles. The predicted molar refractivity (Wildman–Crippen MR) is 89.8 cm³/mol. The molecule has 20 heavy (non-hydrogen) atoms. The minimum Gasteiger partial charge on any atom is -0.493 e. The van der Waals surface area contributed by atoms with Gasteiger partial charge in [-0.15, -0.1) is 0 Å². The summed E-state index contributed by atoms with van der Waals surface area (Å²) in [6.07, 6.45) is 7.76. The van der Waals surface area contributed by atoms with E-state index in [1.165, 1.54) is 32.4 Å². The maximum atomic E-state index is 5.58. The Morgan fingerprint density at radius 2 is 1.65 bits per heavy atom. The molecule has 0 atom stereocenters. The first-order chi connectivity index (χ1) is 9.59. The highest BCUT2D eigenvalue weighted by molar-refractivity contribution is 5.35. The average Bonchev–Trinajstić information content (AvgIpc) is 2.48. The Morgan fingerprint density at radius 3 is 2.20 bits per heavy atom. The molecule has 0 aliphatic carbocycles. The van der Waals surface area contributed by atoms with E-state index < -0.39 is 0 Å². The third-order valence-corrected chi connectivity index (χ3v) is 3.16. The van der Waals surface area contributed by atoms with E-state index in [0.29, 0.717) is 12.4 Å². The fraction of sp³-hybridized carbons (Fsp3) is 0.556. The Bertz CT molecular complexity index is 335. The molecule has 0 radical (unpaired) electrons. The lowest BCUT2D eigenvalue weighted by Crippen LogP contribution is -2.32. The quantitative estimate of drug-likeness (QED) is 0.493. The van der Waals surface area contributed by atoms with Crippen LogP contribution in [0.3, 0.4) is 0 Å². The third kappa shape index (κ3) is 8.76. The number of piperidine rings is 1. The lowest BCUT2D eigenvalue weighted by Gasteiger charge is -2.26. The second-order valence-corrected chi connectivity index (χ2v) is 4.86. The van der Waals surface area contributed by atoms with E-state index in [9.17, 15) is 0 Å². The number of hydrogen-bond donors (Lipinski definition) is 0. The van der Waals surface area contributed by atoms with Gasteiger partial charge in [-0.25, -0.2) is 0 Å². The van der Waals surface area contributed by atoms with Gasteiger partial charge in [-0.05, 0) is 44.5 Å². The van der Waals surface area contributed by atoms with Gasteiger partial charge in [0.1, 0.15) is 12.4 Å². The first kappa shape index (κ1) is 18.7. The van der Waals surface area contributed by atoms with Gasteiger partial charge in [0.25, 0.3) is 0 Å². The van der Waals surface area contributed by atoms with E-state index in [0.717, 1.165) is 17.7 Å². The molecule has 0 spiro atoms. The molecular weight excluding hydrogens is 246 g/mol. The third-order valence-electron chi connectivity index (χ3n) is 3.16. The van der Waals surface area contributed by atoms with Gasteiger partial charge in [0.15, 0.2) is 0 Å². The highest BCUT2D eigenvalue weighted by Crippen LogP contribution is 2.09. The molecule has 2 nitrogen and oxygen atoms in total. The van der Waals surface area contributed by atoms with Crippen LogP contribution in [-0.4, -0.2) is 31.1 Å². The molecule has 0 unspecified atom stereocenters. The van der Waals surface area contributed by atoms with Crippen LogP contribution in [0.1, 0.15) is 40.0 Å². The second kappa shape index (κ2) is 11.5. The molecule has 0 amide bonds. The van der Waals surface area contributed by atoms with E-state index in [-0.39, 0.29) is 0 Å². The molecule has 0 aromatic carbocycles. The maximum Gasteiger partial charge on any atom is 0.112 e. The van der Waals surface area contributed by atoms with Crippen LogP contribution in [0.15, 0.2) is 48.8 Å². The van der Waals surface area contributed by atoms with E-state index in [1.54, 1.807) is 0 Å². The van der Waals surface area contributed by atoms with E-state index in [4.69, 9.17) is 4.74 Å². The van der Waals surface area contributed by atoms with Gasteiger partial charge in [0.05, 0.1) is 0 Å². The van der Waals surface area contributed by atoms with E-state index >= 15 is 0 Å². The summed E-state index contributed by atoms with van der Waals surface area (Å²) in [7, 11) is 0. The van der Waals surface area contributed by atoms with Crippen molar-refractivity contribution in [1.82, 2.24) is 4.90 Å². The van der Waals surface area contributed by atoms with Crippen molar-refractivity contribution in [3.05, 3.63) is 48.8 Å². The zero-order valence-electron chi connectivity index (χ0n) is 13.6. The van der Waals surface area contributed by atoms with Crippen LogP contribution in [0, 0.1) is 0 Å². The summed E-state index contributed by atoms with van der Waals surface area (Å²) in [6.45, 7) is 21.6. The van der Waals surface area contributed by atoms with Crippen molar-refractivity contribution >= 4 is 0 Å². The van der Waals surface area contributed by atoms with E-state index in [2.05, 4.69) is 24.6 Å². The summed E-state index contributed by atoms with van der Waals surface area (Å²) in [5.41, 5.74) is 1.88. The number of allylic oxidation sites excluding steroid dienone is 4. The molecule has 1 rings (SSSR count). The second-order valence-electron chi connectivity index (χ2n) is 4.86. The van der Waals surface area contributed by atoms with Crippen molar-refractivity contribution in [3.8, 4) is 0 Å². The largest absolute Gasteiger partial charge is 0.493 e. The average molecular weight is 277 g/mol. The molecule has 1 aliphatic heterocycles. The van der Waals surface area contributed by atoms with Crippen LogP contribution in [0.5, 0.6) is 0 Å². The first-order valence-corrected chi connectivity index (χ1v) is 7.66. The first-order valence-electron chi connectivity index (χ1n) is 7.66. The summed E-state index contributed by atoms with van der Waals surface area (Å²) in [5, 5.41) is 0. The van der Waals surface area contributed by atoms with Crippen molar-refractivity contribution in [2.45, 2.75) is 40.0 Å². The zero-order chi connectivity index (χ0) is 15.4. The van der Waals surface area contributed by atoms with E-state index in [1.807, 2.05) is 32.9 Å². The number of hydrogen-bond acceptors (Lipinski definition) is 2. The predicted octanol–water partition coefficient (Wildman–Crippen LogP) is 4.72. The van der Waals surface area contributed by atoms with Crippen LogP contribution < -0.4 is 0 Å². The maximum absolute atomic E-state index is 5.58. The Labute approximate surface area is 125 Å². The highest BCUT2D eigenvalue weighted by Gasteiger charge is 2.09. The molecular formula is C18H31NO. The summed E-state index contributed by atoms with van der Waals surface area (Å²) in [5.74, 6) is 0.689. The summed E-state index contributed by atoms with van der Waals surface area (Å²) >= 11 is 0. The number of rotatable bonds is 7. The standard InChI is InChI=1S/C16H25NO.C2H6/c1-14(2)15(3)8-9-16(4)18-13-12-17-10-6-5-7-11-17;1-2/h8-9H,1,3-7,10-13H2,2H3;1-2H3/b9-8-;. The van der Waals surface area contributed by atoms with Crippen LogP contribution in [0.2, 0.25) is 0 Å². The fourth-order valence-electron chi connectivity index (χ4n) is 1.87. The normalized spacial score (nSPS) is 15.3. The van der Waals surface area contributed by atoms with Gasteiger partial charge in [-0.2, -0.15) is 0 Å². The Kier molecular flexibility index (Phi) is 10.8. The summed E-state index contributed by atoms with van der Waals surface area (Å²) in [4.78, 5) is 2.45. The minimum absolute atomic E-state index is 0.689. The Hall–Kier alpha value is -1.28. The molecule has 2 heteroatoms. The number of likely N-dealkylation sites (tertiary alicyclic amines) is 1. The summed E-state index contributed by atoms with van der Waals surface area (Å²) < 4.78 is 5.58. The van der Waals surface area contributed by atoms with Gasteiger partial charge < -0.3 is 4.74 Å². The van der Waals surface area contributed by atoms with Gasteiger partial charge >= 0.3 is 0 Å². The Morgan fingerprint density at radius 1 is 1.05 bits per heavy atom. The topological polar surface area (TPSA) is 12.5 Å². The van der Waals surface area contributed by atoms with Crippen molar-refractivity contribution < 1.29 is 4.74 Å². The van der Waals surface area contributed by atoms with Gasteiger partial charge in [0, 0.05) is 6.54 Å². The van der Waals surface area contributed by atoms with Crippen LogP contribution in [0.25, 0.3) is 0 Å². The molecule has 1 fully saturated rings. The van der Waals surface area contributed by atoms with Crippen molar-refractivity contribution in [3.63, 3.8) is 0 Å². The lowest BCUT2D eigenvalue weighted by atomic mass is 10.1. The number of ether oxygens (including phenoxy) is 1. The molecule has 0 N–H and O–H groups in total. The zero-order valence-corrected chi connectivity index (χ0v) is 13.6. The van der Waals surface area contributed by atoms with Crippen LogP contribution in [0.4, 0.5) is 0 Å². The molecule has 0 bridgehead atoms. The SMILES string of the molecule is C=C(/C=C\C(=C)C(=C)C)OCCN1CCCCC1.CC. The Balaban J connectivity index is 0.00000172. The van der Waals surface area contributed by atoms with Gasteiger partial charge in [-0.3, -0.25) is 4.90 Å². The van der Waals surface area contributed by atoms with Gasteiger partial charge in [0.2, 0.25) is 0 Å². The molecule has 1 heterocycles. The molecule has 0 aromatic rings.